The molecule has 0 saturated carbocycles. The van der Waals surface area contributed by atoms with Gasteiger partial charge in [0.2, 0.25) is 0 Å². The van der Waals surface area contributed by atoms with Crippen LogP contribution in [-0.2, 0) is 9.47 Å². The van der Waals surface area contributed by atoms with Crippen molar-refractivity contribution in [2.24, 2.45) is 0 Å². The SMILES string of the molecule is CNCCCN(C)C1CC(C)OC(OC)C1. The molecule has 4 heteroatoms. The van der Waals surface area contributed by atoms with Gasteiger partial charge in [-0.15, -0.1) is 0 Å². The van der Waals surface area contributed by atoms with E-state index in [9.17, 15) is 0 Å². The second-order valence-electron chi connectivity index (χ2n) is 4.67. The molecule has 0 radical (unpaired) electrons. The van der Waals surface area contributed by atoms with E-state index in [1.165, 1.54) is 6.42 Å². The summed E-state index contributed by atoms with van der Waals surface area (Å²) in [5, 5.41) is 3.18. The topological polar surface area (TPSA) is 33.7 Å². The zero-order valence-electron chi connectivity index (χ0n) is 11.0. The number of hydrogen-bond donors (Lipinski definition) is 1. The third kappa shape index (κ3) is 4.37. The molecular weight excluding hydrogens is 204 g/mol. The van der Waals surface area contributed by atoms with Gasteiger partial charge in [-0.25, -0.2) is 0 Å². The minimum Gasteiger partial charge on any atom is -0.356 e. The summed E-state index contributed by atoms with van der Waals surface area (Å²) >= 11 is 0. The Hall–Kier alpha value is -0.160. The van der Waals surface area contributed by atoms with Crippen LogP contribution in [0.4, 0.5) is 0 Å². The van der Waals surface area contributed by atoms with Gasteiger partial charge in [0.25, 0.3) is 0 Å². The zero-order valence-corrected chi connectivity index (χ0v) is 11.0. The number of nitrogens with one attached hydrogen (secondary N) is 1. The fraction of sp³-hybridized carbons (Fsp3) is 1.00. The molecule has 1 rings (SSSR count). The molecule has 0 aliphatic carbocycles. The molecule has 1 aliphatic heterocycles. The van der Waals surface area contributed by atoms with Crippen LogP contribution in [0, 0.1) is 0 Å². The van der Waals surface area contributed by atoms with E-state index in [4.69, 9.17) is 9.47 Å². The molecule has 1 N–H and O–H groups in total. The summed E-state index contributed by atoms with van der Waals surface area (Å²) in [6.45, 7) is 4.34. The van der Waals surface area contributed by atoms with Crippen molar-refractivity contribution < 1.29 is 9.47 Å². The van der Waals surface area contributed by atoms with Crippen molar-refractivity contribution in [2.45, 2.75) is 44.6 Å². The van der Waals surface area contributed by atoms with Gasteiger partial charge in [-0.3, -0.25) is 0 Å². The Balaban J connectivity index is 2.33. The zero-order chi connectivity index (χ0) is 12.0. The second kappa shape index (κ2) is 7.22. The number of methoxy groups -OCH3 is 1. The first-order valence-electron chi connectivity index (χ1n) is 6.20. The molecule has 1 heterocycles. The van der Waals surface area contributed by atoms with Crippen molar-refractivity contribution >= 4 is 0 Å². The van der Waals surface area contributed by atoms with Crippen LogP contribution in [0.2, 0.25) is 0 Å². The average Bonchev–Trinajstić information content (AvgIpc) is 2.28. The van der Waals surface area contributed by atoms with Crippen LogP contribution in [0.3, 0.4) is 0 Å². The van der Waals surface area contributed by atoms with Crippen molar-refractivity contribution in [1.82, 2.24) is 10.2 Å². The first-order chi connectivity index (χ1) is 7.67. The van der Waals surface area contributed by atoms with Crippen LogP contribution in [0.25, 0.3) is 0 Å². The summed E-state index contributed by atoms with van der Waals surface area (Å²) in [6, 6.07) is 0.588. The van der Waals surface area contributed by atoms with Gasteiger partial charge in [-0.05, 0) is 47.0 Å². The van der Waals surface area contributed by atoms with E-state index < -0.39 is 0 Å². The minimum atomic E-state index is -0.0273. The van der Waals surface area contributed by atoms with E-state index in [0.717, 1.165) is 25.9 Å². The quantitative estimate of drug-likeness (QED) is 0.692. The Kier molecular flexibility index (Phi) is 6.28. The van der Waals surface area contributed by atoms with E-state index in [2.05, 4.69) is 24.2 Å². The van der Waals surface area contributed by atoms with E-state index in [-0.39, 0.29) is 6.29 Å². The molecular formula is C12H26N2O2. The third-order valence-electron chi connectivity index (χ3n) is 3.28. The Morgan fingerprint density at radius 3 is 2.81 bits per heavy atom. The van der Waals surface area contributed by atoms with Crippen LogP contribution in [0.15, 0.2) is 0 Å². The van der Waals surface area contributed by atoms with E-state index in [0.29, 0.717) is 12.1 Å². The fourth-order valence-electron chi connectivity index (χ4n) is 2.27. The van der Waals surface area contributed by atoms with Gasteiger partial charge in [-0.2, -0.15) is 0 Å². The molecule has 3 atom stereocenters. The highest BCUT2D eigenvalue weighted by molar-refractivity contribution is 4.78. The van der Waals surface area contributed by atoms with Crippen molar-refractivity contribution in [2.75, 3.05) is 34.3 Å². The Morgan fingerprint density at radius 2 is 2.19 bits per heavy atom. The summed E-state index contributed by atoms with van der Waals surface area (Å²) in [5.74, 6) is 0. The summed E-state index contributed by atoms with van der Waals surface area (Å²) in [4.78, 5) is 2.43. The molecule has 1 aliphatic rings. The Bertz CT molecular complexity index is 190. The van der Waals surface area contributed by atoms with Crippen molar-refractivity contribution in [3.8, 4) is 0 Å². The van der Waals surface area contributed by atoms with Gasteiger partial charge in [0.05, 0.1) is 6.10 Å². The highest BCUT2D eigenvalue weighted by Crippen LogP contribution is 2.23. The molecule has 0 aromatic carbocycles. The lowest BCUT2D eigenvalue weighted by Crippen LogP contribution is -2.44. The molecule has 0 aromatic rings. The molecule has 0 spiro atoms. The molecule has 1 saturated heterocycles. The molecule has 4 nitrogen and oxygen atoms in total. The molecule has 0 amide bonds. The lowest BCUT2D eigenvalue weighted by atomic mass is 10.0. The highest BCUT2D eigenvalue weighted by Gasteiger charge is 2.29. The Morgan fingerprint density at radius 1 is 1.44 bits per heavy atom. The van der Waals surface area contributed by atoms with Gasteiger partial charge >= 0.3 is 0 Å². The lowest BCUT2D eigenvalue weighted by molar-refractivity contribution is -0.189. The molecule has 0 aromatic heterocycles. The van der Waals surface area contributed by atoms with E-state index in [1.807, 2.05) is 7.05 Å². The molecule has 0 bridgehead atoms. The van der Waals surface area contributed by atoms with Gasteiger partial charge in [-0.1, -0.05) is 0 Å². The predicted octanol–water partition coefficient (Wildman–Crippen LogP) is 1.07. The standard InChI is InChI=1S/C12H26N2O2/c1-10-8-11(9-12(15-4)16-10)14(3)7-5-6-13-2/h10-13H,5-9H2,1-4H3. The van der Waals surface area contributed by atoms with Crippen molar-refractivity contribution in [1.29, 1.82) is 0 Å². The molecule has 3 unspecified atom stereocenters. The fourth-order valence-corrected chi connectivity index (χ4v) is 2.27. The summed E-state index contributed by atoms with van der Waals surface area (Å²) in [7, 11) is 5.92. The van der Waals surface area contributed by atoms with Crippen LogP contribution >= 0.6 is 0 Å². The van der Waals surface area contributed by atoms with E-state index >= 15 is 0 Å². The minimum absolute atomic E-state index is 0.0273. The number of ether oxygens (including phenoxy) is 2. The maximum atomic E-state index is 5.68. The lowest BCUT2D eigenvalue weighted by Gasteiger charge is -2.37. The van der Waals surface area contributed by atoms with Crippen molar-refractivity contribution in [3.05, 3.63) is 0 Å². The monoisotopic (exact) mass is 230 g/mol. The van der Waals surface area contributed by atoms with Crippen molar-refractivity contribution in [3.63, 3.8) is 0 Å². The molecule has 16 heavy (non-hydrogen) atoms. The van der Waals surface area contributed by atoms with Crippen LogP contribution in [-0.4, -0.2) is 57.6 Å². The first-order valence-corrected chi connectivity index (χ1v) is 6.20. The van der Waals surface area contributed by atoms with Crippen LogP contribution in [0.1, 0.15) is 26.2 Å². The Labute approximate surface area is 99.3 Å². The second-order valence-corrected chi connectivity index (χ2v) is 4.67. The maximum absolute atomic E-state index is 5.68. The number of nitrogens with zero attached hydrogens (tertiary/aromatic N) is 1. The number of hydrogen-bond acceptors (Lipinski definition) is 4. The molecule has 1 fully saturated rings. The predicted molar refractivity (Wildman–Crippen MR) is 65.5 cm³/mol. The molecule has 96 valence electrons. The average molecular weight is 230 g/mol. The van der Waals surface area contributed by atoms with Gasteiger partial charge < -0.3 is 19.7 Å². The summed E-state index contributed by atoms with van der Waals surface area (Å²) in [6.07, 6.45) is 3.55. The summed E-state index contributed by atoms with van der Waals surface area (Å²) in [5.41, 5.74) is 0. The van der Waals surface area contributed by atoms with Gasteiger partial charge in [0, 0.05) is 19.6 Å². The number of rotatable bonds is 6. The largest absolute Gasteiger partial charge is 0.356 e. The first kappa shape index (κ1) is 13.9. The summed E-state index contributed by atoms with van der Waals surface area (Å²) < 4.78 is 11.0. The maximum Gasteiger partial charge on any atom is 0.159 e. The highest BCUT2D eigenvalue weighted by atomic mass is 16.7. The van der Waals surface area contributed by atoms with Crippen LogP contribution in [0.5, 0.6) is 0 Å². The third-order valence-corrected chi connectivity index (χ3v) is 3.28. The van der Waals surface area contributed by atoms with Gasteiger partial charge in [0.1, 0.15) is 0 Å². The normalized spacial score (nSPS) is 30.9. The van der Waals surface area contributed by atoms with Crippen LogP contribution < -0.4 is 5.32 Å². The van der Waals surface area contributed by atoms with Gasteiger partial charge in [0.15, 0.2) is 6.29 Å². The smallest absolute Gasteiger partial charge is 0.159 e. The van der Waals surface area contributed by atoms with E-state index in [1.54, 1.807) is 7.11 Å².